The Bertz CT molecular complexity index is 722. The van der Waals surface area contributed by atoms with E-state index in [4.69, 9.17) is 0 Å². The molecule has 3 aliphatic rings. The quantitative estimate of drug-likeness (QED) is 0.735. The molecular formula is C22H30F3N3O. The minimum Gasteiger partial charge on any atom is -0.369 e. The lowest BCUT2D eigenvalue weighted by Crippen LogP contribution is -2.38. The molecule has 29 heavy (non-hydrogen) atoms. The number of benzene rings is 1. The fraction of sp³-hybridized carbons (Fsp3) is 0.682. The first-order valence-electron chi connectivity index (χ1n) is 10.8. The highest BCUT2D eigenvalue weighted by Gasteiger charge is 2.44. The van der Waals surface area contributed by atoms with Crippen LogP contribution in [0.25, 0.3) is 0 Å². The van der Waals surface area contributed by atoms with Gasteiger partial charge >= 0.3 is 6.18 Å². The smallest absolute Gasteiger partial charge is 0.369 e. The van der Waals surface area contributed by atoms with Gasteiger partial charge in [-0.1, -0.05) is 6.07 Å². The maximum atomic E-state index is 13.0. The van der Waals surface area contributed by atoms with Crippen LogP contribution in [0.15, 0.2) is 24.3 Å². The van der Waals surface area contributed by atoms with E-state index >= 15 is 0 Å². The van der Waals surface area contributed by atoms with Crippen molar-refractivity contribution < 1.29 is 18.0 Å². The number of carbonyl (C=O) groups excluding carboxylic acids is 1. The van der Waals surface area contributed by atoms with Gasteiger partial charge in [0.05, 0.1) is 5.56 Å². The monoisotopic (exact) mass is 409 g/mol. The fourth-order valence-corrected chi connectivity index (χ4v) is 4.65. The van der Waals surface area contributed by atoms with Gasteiger partial charge in [0.25, 0.3) is 0 Å². The summed E-state index contributed by atoms with van der Waals surface area (Å²) in [5.74, 6) is 0.107. The van der Waals surface area contributed by atoms with Crippen molar-refractivity contribution in [3.8, 4) is 0 Å². The zero-order chi connectivity index (χ0) is 20.5. The van der Waals surface area contributed by atoms with Gasteiger partial charge in [-0.2, -0.15) is 13.2 Å². The topological polar surface area (TPSA) is 26.8 Å². The largest absolute Gasteiger partial charge is 0.416 e. The minimum atomic E-state index is -4.35. The molecule has 0 N–H and O–H groups in total. The van der Waals surface area contributed by atoms with Crippen LogP contribution in [0, 0.1) is 5.41 Å². The zero-order valence-electron chi connectivity index (χ0n) is 16.9. The molecule has 0 bridgehead atoms. The number of anilines is 1. The van der Waals surface area contributed by atoms with Crippen LogP contribution in [-0.2, 0) is 11.0 Å². The van der Waals surface area contributed by atoms with Gasteiger partial charge in [-0.3, -0.25) is 4.79 Å². The van der Waals surface area contributed by atoms with E-state index in [2.05, 4.69) is 4.90 Å². The second-order valence-electron chi connectivity index (χ2n) is 8.86. The molecule has 2 heterocycles. The molecule has 1 amide bonds. The Kier molecular flexibility index (Phi) is 5.78. The molecule has 1 aromatic rings. The Balaban J connectivity index is 1.26. The summed E-state index contributed by atoms with van der Waals surface area (Å²) in [4.78, 5) is 18.8. The second kappa shape index (κ2) is 8.17. The molecule has 1 spiro atoms. The SMILES string of the molecule is O=C1CCN(c2cccc(C(F)(F)F)c2)CCN1CCCN1CCC2(CC1)CC2. The molecule has 0 atom stereocenters. The van der Waals surface area contributed by atoms with Crippen LogP contribution in [0.5, 0.6) is 0 Å². The van der Waals surface area contributed by atoms with E-state index in [9.17, 15) is 18.0 Å². The van der Waals surface area contributed by atoms with Crippen LogP contribution in [0.2, 0.25) is 0 Å². The third-order valence-electron chi connectivity index (χ3n) is 6.90. The standard InChI is InChI=1S/C22H30F3N3O/c23-22(24,25)18-3-1-4-19(17-18)27-12-5-20(29)28(16-15-27)11-2-10-26-13-8-21(6-7-21)9-14-26/h1,3-4,17H,2,5-16H2. The lowest BCUT2D eigenvalue weighted by atomic mass is 9.94. The van der Waals surface area contributed by atoms with Gasteiger partial charge < -0.3 is 14.7 Å². The molecule has 160 valence electrons. The third-order valence-corrected chi connectivity index (χ3v) is 6.90. The number of rotatable bonds is 5. The van der Waals surface area contributed by atoms with Gasteiger partial charge in [-0.05, 0) is 75.4 Å². The van der Waals surface area contributed by atoms with Crippen LogP contribution in [0.3, 0.4) is 0 Å². The molecule has 2 aliphatic heterocycles. The van der Waals surface area contributed by atoms with Crippen molar-refractivity contribution >= 4 is 11.6 Å². The molecule has 0 radical (unpaired) electrons. The number of carbonyl (C=O) groups is 1. The van der Waals surface area contributed by atoms with Crippen molar-refractivity contribution in [2.45, 2.75) is 44.7 Å². The van der Waals surface area contributed by atoms with E-state index in [1.54, 1.807) is 6.07 Å². The molecule has 2 saturated heterocycles. The molecule has 1 aliphatic carbocycles. The van der Waals surface area contributed by atoms with Crippen LogP contribution in [-0.4, -0.2) is 61.5 Å². The van der Waals surface area contributed by atoms with Crippen LogP contribution in [0.4, 0.5) is 18.9 Å². The van der Waals surface area contributed by atoms with E-state index in [0.717, 1.165) is 25.6 Å². The maximum absolute atomic E-state index is 13.0. The number of alkyl halides is 3. The van der Waals surface area contributed by atoms with E-state index in [1.807, 2.05) is 9.80 Å². The number of hydrogen-bond donors (Lipinski definition) is 0. The van der Waals surface area contributed by atoms with Crippen LogP contribution >= 0.6 is 0 Å². The second-order valence-corrected chi connectivity index (χ2v) is 8.86. The number of halogens is 3. The van der Waals surface area contributed by atoms with Crippen molar-refractivity contribution in [2.24, 2.45) is 5.41 Å². The van der Waals surface area contributed by atoms with Gasteiger partial charge in [0.1, 0.15) is 0 Å². The first-order chi connectivity index (χ1) is 13.8. The molecule has 7 heteroatoms. The average molecular weight is 409 g/mol. The van der Waals surface area contributed by atoms with Crippen LogP contribution < -0.4 is 4.90 Å². The maximum Gasteiger partial charge on any atom is 0.416 e. The number of likely N-dealkylation sites (tertiary alicyclic amines) is 1. The summed E-state index contributed by atoms with van der Waals surface area (Å²) in [6, 6.07) is 5.40. The first-order valence-corrected chi connectivity index (χ1v) is 10.8. The summed E-state index contributed by atoms with van der Waals surface area (Å²) in [6.45, 7) is 5.71. The molecule has 4 nitrogen and oxygen atoms in total. The van der Waals surface area contributed by atoms with Crippen LogP contribution in [0.1, 0.15) is 44.1 Å². The van der Waals surface area contributed by atoms with Gasteiger partial charge in [0, 0.05) is 38.3 Å². The lowest BCUT2D eigenvalue weighted by molar-refractivity contribution is -0.137. The predicted octanol–water partition coefficient (Wildman–Crippen LogP) is 4.01. The number of piperidine rings is 1. The van der Waals surface area contributed by atoms with Crippen molar-refractivity contribution in [3.63, 3.8) is 0 Å². The first kappa shape index (κ1) is 20.5. The molecule has 4 rings (SSSR count). The third kappa shape index (κ3) is 5.05. The average Bonchev–Trinajstić information content (AvgIpc) is 3.48. The Labute approximate surface area is 170 Å². The molecule has 1 saturated carbocycles. The van der Waals surface area contributed by atoms with Crippen molar-refractivity contribution in [2.75, 3.05) is 50.7 Å². The van der Waals surface area contributed by atoms with E-state index < -0.39 is 11.7 Å². The Morgan fingerprint density at radius 2 is 1.69 bits per heavy atom. The summed E-state index contributed by atoms with van der Waals surface area (Å²) < 4.78 is 39.0. The van der Waals surface area contributed by atoms with Gasteiger partial charge in [0.15, 0.2) is 0 Å². The normalized spacial score (nSPS) is 22.8. The zero-order valence-corrected chi connectivity index (χ0v) is 16.9. The van der Waals surface area contributed by atoms with Gasteiger partial charge in [0.2, 0.25) is 5.91 Å². The van der Waals surface area contributed by atoms with E-state index in [0.29, 0.717) is 37.2 Å². The Hall–Kier alpha value is -1.76. The Morgan fingerprint density at radius 1 is 0.931 bits per heavy atom. The molecule has 3 fully saturated rings. The Morgan fingerprint density at radius 3 is 2.38 bits per heavy atom. The minimum absolute atomic E-state index is 0.107. The van der Waals surface area contributed by atoms with Crippen molar-refractivity contribution in [1.82, 2.24) is 9.80 Å². The summed E-state index contributed by atoms with van der Waals surface area (Å²) in [5.41, 5.74) is 0.582. The number of amides is 1. The highest BCUT2D eigenvalue weighted by Crippen LogP contribution is 2.53. The summed E-state index contributed by atoms with van der Waals surface area (Å²) in [6.07, 6.45) is 2.42. The van der Waals surface area contributed by atoms with Crippen molar-refractivity contribution in [1.29, 1.82) is 0 Å². The molecule has 0 aromatic heterocycles. The highest BCUT2D eigenvalue weighted by molar-refractivity contribution is 5.77. The predicted molar refractivity (Wildman–Crippen MR) is 107 cm³/mol. The molecule has 1 aromatic carbocycles. The molecule has 0 unspecified atom stereocenters. The fourth-order valence-electron chi connectivity index (χ4n) is 4.65. The van der Waals surface area contributed by atoms with Gasteiger partial charge in [-0.15, -0.1) is 0 Å². The number of hydrogen-bond acceptors (Lipinski definition) is 3. The molecular weight excluding hydrogens is 379 g/mol. The lowest BCUT2D eigenvalue weighted by Gasteiger charge is -2.32. The highest BCUT2D eigenvalue weighted by atomic mass is 19.4. The summed E-state index contributed by atoms with van der Waals surface area (Å²) >= 11 is 0. The van der Waals surface area contributed by atoms with Crippen molar-refractivity contribution in [3.05, 3.63) is 29.8 Å². The van der Waals surface area contributed by atoms with E-state index in [1.165, 1.54) is 50.9 Å². The summed E-state index contributed by atoms with van der Waals surface area (Å²) in [7, 11) is 0. The number of nitrogens with zero attached hydrogens (tertiary/aromatic N) is 3. The van der Waals surface area contributed by atoms with Gasteiger partial charge in [-0.25, -0.2) is 0 Å². The van der Waals surface area contributed by atoms with E-state index in [-0.39, 0.29) is 5.91 Å². The summed E-state index contributed by atoms with van der Waals surface area (Å²) in [5, 5.41) is 0.